The molecule has 0 heterocycles. The van der Waals surface area contributed by atoms with Crippen LogP contribution in [0, 0.1) is 0 Å². The summed E-state index contributed by atoms with van der Waals surface area (Å²) in [5, 5.41) is 11.9. The van der Waals surface area contributed by atoms with Crippen molar-refractivity contribution in [3.05, 3.63) is 65.2 Å². The number of hydrogen-bond acceptors (Lipinski definition) is 3. The molecule has 2 aromatic carbocycles. The van der Waals surface area contributed by atoms with Gasteiger partial charge in [0.05, 0.1) is 6.54 Å². The molecule has 0 saturated heterocycles. The van der Waals surface area contributed by atoms with E-state index < -0.39 is 5.97 Å². The summed E-state index contributed by atoms with van der Waals surface area (Å²) in [5.74, 6) is -0.567. The molecule has 0 atom stereocenters. The number of benzene rings is 2. The van der Waals surface area contributed by atoms with Crippen LogP contribution >= 0.6 is 0 Å². The van der Waals surface area contributed by atoms with E-state index in [4.69, 9.17) is 9.84 Å². The highest BCUT2D eigenvalue weighted by atomic mass is 16.5. The molecule has 5 nitrogen and oxygen atoms in total. The first kappa shape index (κ1) is 17.5. The van der Waals surface area contributed by atoms with E-state index in [1.807, 2.05) is 18.2 Å². The lowest BCUT2D eigenvalue weighted by Gasteiger charge is -2.11. The van der Waals surface area contributed by atoms with Gasteiger partial charge in [0.2, 0.25) is 0 Å². The SMILES string of the molecule is CC(C)c1cccc(C(=O)NCCOc2ccccc2C(=O)O)c1. The zero-order chi connectivity index (χ0) is 17.5. The van der Waals surface area contributed by atoms with Gasteiger partial charge in [0.15, 0.2) is 0 Å². The van der Waals surface area contributed by atoms with E-state index in [1.165, 1.54) is 6.07 Å². The number of nitrogens with one attached hydrogen (secondary N) is 1. The molecular weight excluding hydrogens is 306 g/mol. The van der Waals surface area contributed by atoms with Crippen molar-refractivity contribution in [2.24, 2.45) is 0 Å². The zero-order valence-corrected chi connectivity index (χ0v) is 13.8. The predicted molar refractivity (Wildman–Crippen MR) is 91.8 cm³/mol. The lowest BCUT2D eigenvalue weighted by molar-refractivity contribution is 0.0691. The Kier molecular flexibility index (Phi) is 5.95. The lowest BCUT2D eigenvalue weighted by Crippen LogP contribution is -2.28. The summed E-state index contributed by atoms with van der Waals surface area (Å²) in [4.78, 5) is 23.2. The Hall–Kier alpha value is -2.82. The minimum absolute atomic E-state index is 0.105. The van der Waals surface area contributed by atoms with Crippen molar-refractivity contribution in [3.63, 3.8) is 0 Å². The molecule has 0 unspecified atom stereocenters. The third kappa shape index (κ3) is 4.59. The Morgan fingerprint density at radius 3 is 2.58 bits per heavy atom. The molecule has 0 spiro atoms. The highest BCUT2D eigenvalue weighted by Gasteiger charge is 2.10. The number of carboxylic acids is 1. The fraction of sp³-hybridized carbons (Fsp3) is 0.263. The third-order valence-electron chi connectivity index (χ3n) is 3.58. The van der Waals surface area contributed by atoms with E-state index in [1.54, 1.807) is 24.3 Å². The van der Waals surface area contributed by atoms with E-state index in [0.717, 1.165) is 5.56 Å². The van der Waals surface area contributed by atoms with Gasteiger partial charge in [-0.05, 0) is 35.7 Å². The van der Waals surface area contributed by atoms with Gasteiger partial charge in [0, 0.05) is 5.56 Å². The van der Waals surface area contributed by atoms with Crippen LogP contribution in [0.5, 0.6) is 5.75 Å². The molecule has 0 bridgehead atoms. The van der Waals surface area contributed by atoms with Crippen LogP contribution in [0.4, 0.5) is 0 Å². The highest BCUT2D eigenvalue weighted by molar-refractivity contribution is 5.94. The number of aromatic carboxylic acids is 1. The summed E-state index contributed by atoms with van der Waals surface area (Å²) in [6.45, 7) is 4.63. The Labute approximate surface area is 141 Å². The van der Waals surface area contributed by atoms with Crippen molar-refractivity contribution in [1.29, 1.82) is 0 Å². The number of carboxylic acid groups (broad SMARTS) is 1. The monoisotopic (exact) mass is 327 g/mol. The molecule has 0 aromatic heterocycles. The third-order valence-corrected chi connectivity index (χ3v) is 3.58. The standard InChI is InChI=1S/C19H21NO4/c1-13(2)14-6-5-7-15(12-14)18(21)20-10-11-24-17-9-4-3-8-16(17)19(22)23/h3-9,12-13H,10-11H2,1-2H3,(H,20,21)(H,22,23). The molecule has 1 amide bonds. The normalized spacial score (nSPS) is 10.5. The molecular formula is C19H21NO4. The van der Waals surface area contributed by atoms with Crippen molar-refractivity contribution in [2.45, 2.75) is 19.8 Å². The van der Waals surface area contributed by atoms with E-state index >= 15 is 0 Å². The maximum absolute atomic E-state index is 12.1. The van der Waals surface area contributed by atoms with Crippen molar-refractivity contribution >= 4 is 11.9 Å². The second kappa shape index (κ2) is 8.15. The van der Waals surface area contributed by atoms with Crippen LogP contribution < -0.4 is 10.1 Å². The summed E-state index contributed by atoms with van der Waals surface area (Å²) >= 11 is 0. The summed E-state index contributed by atoms with van der Waals surface area (Å²) in [5.41, 5.74) is 1.81. The van der Waals surface area contributed by atoms with E-state index in [-0.39, 0.29) is 18.1 Å². The van der Waals surface area contributed by atoms with Gasteiger partial charge in [-0.2, -0.15) is 0 Å². The Balaban J connectivity index is 1.88. The molecule has 0 aliphatic rings. The maximum atomic E-state index is 12.1. The fourth-order valence-electron chi connectivity index (χ4n) is 2.24. The first-order chi connectivity index (χ1) is 11.5. The van der Waals surface area contributed by atoms with Crippen LogP contribution in [0.15, 0.2) is 48.5 Å². The molecule has 0 aliphatic carbocycles. The van der Waals surface area contributed by atoms with Crippen LogP contribution in [-0.4, -0.2) is 30.1 Å². The van der Waals surface area contributed by atoms with Crippen molar-refractivity contribution in [2.75, 3.05) is 13.2 Å². The van der Waals surface area contributed by atoms with Gasteiger partial charge < -0.3 is 15.2 Å². The summed E-state index contributed by atoms with van der Waals surface area (Å²) in [6, 6.07) is 13.9. The van der Waals surface area contributed by atoms with E-state index in [0.29, 0.717) is 23.8 Å². The lowest BCUT2D eigenvalue weighted by atomic mass is 10.0. The van der Waals surface area contributed by atoms with E-state index in [2.05, 4.69) is 19.2 Å². The molecule has 2 N–H and O–H groups in total. The number of amides is 1. The van der Waals surface area contributed by atoms with Gasteiger partial charge in [-0.3, -0.25) is 4.79 Å². The smallest absolute Gasteiger partial charge is 0.339 e. The fourth-order valence-corrected chi connectivity index (χ4v) is 2.24. The molecule has 0 fully saturated rings. The maximum Gasteiger partial charge on any atom is 0.339 e. The van der Waals surface area contributed by atoms with Crippen LogP contribution in [-0.2, 0) is 0 Å². The number of rotatable bonds is 7. The average molecular weight is 327 g/mol. The van der Waals surface area contributed by atoms with Crippen LogP contribution in [0.3, 0.4) is 0 Å². The van der Waals surface area contributed by atoms with Gasteiger partial charge >= 0.3 is 5.97 Å². The first-order valence-electron chi connectivity index (χ1n) is 7.82. The molecule has 0 saturated carbocycles. The average Bonchev–Trinajstić information content (AvgIpc) is 2.58. The Morgan fingerprint density at radius 1 is 1.12 bits per heavy atom. The molecule has 0 radical (unpaired) electrons. The summed E-state index contributed by atoms with van der Waals surface area (Å²) in [6.07, 6.45) is 0. The number of para-hydroxylation sites is 1. The summed E-state index contributed by atoms with van der Waals surface area (Å²) < 4.78 is 5.45. The number of carbonyl (C=O) groups is 2. The zero-order valence-electron chi connectivity index (χ0n) is 13.8. The van der Waals surface area contributed by atoms with Gasteiger partial charge in [-0.25, -0.2) is 4.79 Å². The second-order valence-electron chi connectivity index (χ2n) is 5.69. The molecule has 2 rings (SSSR count). The molecule has 5 heteroatoms. The second-order valence-corrected chi connectivity index (χ2v) is 5.69. The van der Waals surface area contributed by atoms with Crippen molar-refractivity contribution < 1.29 is 19.4 Å². The van der Waals surface area contributed by atoms with Crippen LogP contribution in [0.1, 0.15) is 46.0 Å². The largest absolute Gasteiger partial charge is 0.491 e. The van der Waals surface area contributed by atoms with Crippen LogP contribution in [0.25, 0.3) is 0 Å². The van der Waals surface area contributed by atoms with Crippen molar-refractivity contribution in [3.8, 4) is 5.75 Å². The summed E-state index contributed by atoms with van der Waals surface area (Å²) in [7, 11) is 0. The topological polar surface area (TPSA) is 75.6 Å². The molecule has 24 heavy (non-hydrogen) atoms. The number of carbonyl (C=O) groups excluding carboxylic acids is 1. The molecule has 2 aromatic rings. The van der Waals surface area contributed by atoms with Gasteiger partial charge in [0.25, 0.3) is 5.91 Å². The van der Waals surface area contributed by atoms with Gasteiger partial charge in [0.1, 0.15) is 17.9 Å². The molecule has 126 valence electrons. The Bertz CT molecular complexity index is 725. The quantitative estimate of drug-likeness (QED) is 0.765. The first-order valence-corrected chi connectivity index (χ1v) is 7.82. The predicted octanol–water partition coefficient (Wildman–Crippen LogP) is 3.32. The number of hydrogen-bond donors (Lipinski definition) is 2. The minimum Gasteiger partial charge on any atom is -0.491 e. The van der Waals surface area contributed by atoms with Gasteiger partial charge in [-0.1, -0.05) is 38.1 Å². The van der Waals surface area contributed by atoms with Gasteiger partial charge in [-0.15, -0.1) is 0 Å². The Morgan fingerprint density at radius 2 is 1.88 bits per heavy atom. The highest BCUT2D eigenvalue weighted by Crippen LogP contribution is 2.17. The van der Waals surface area contributed by atoms with E-state index in [9.17, 15) is 9.59 Å². The molecule has 0 aliphatic heterocycles. The van der Waals surface area contributed by atoms with Crippen molar-refractivity contribution in [1.82, 2.24) is 5.32 Å². The van der Waals surface area contributed by atoms with Crippen LogP contribution in [0.2, 0.25) is 0 Å². The minimum atomic E-state index is -1.04. The number of ether oxygens (including phenoxy) is 1.